The first-order valence-electron chi connectivity index (χ1n) is 8.42. The van der Waals surface area contributed by atoms with E-state index in [9.17, 15) is 9.59 Å². The summed E-state index contributed by atoms with van der Waals surface area (Å²) in [7, 11) is 0. The maximum Gasteiger partial charge on any atom is 0.241 e. The Kier molecular flexibility index (Phi) is 5.23. The first-order valence-corrected chi connectivity index (χ1v) is 9.34. The third kappa shape index (κ3) is 3.61. The van der Waals surface area contributed by atoms with E-state index in [4.69, 9.17) is 5.73 Å². The quantitative estimate of drug-likeness (QED) is 0.799. The highest BCUT2D eigenvalue weighted by Gasteiger charge is 2.35. The summed E-state index contributed by atoms with van der Waals surface area (Å²) < 4.78 is 0. The number of benzene rings is 2. The number of carbonyl (C=O) groups is 2. The molecule has 0 aliphatic carbocycles. The molecule has 0 bridgehead atoms. The van der Waals surface area contributed by atoms with Gasteiger partial charge in [-0.1, -0.05) is 65.3 Å². The van der Waals surface area contributed by atoms with Gasteiger partial charge in [0, 0.05) is 11.6 Å². The number of halogens is 1. The van der Waals surface area contributed by atoms with Crippen LogP contribution in [0.3, 0.4) is 0 Å². The predicted octanol–water partition coefficient (Wildman–Crippen LogP) is 3.37. The summed E-state index contributed by atoms with van der Waals surface area (Å²) in [5.41, 5.74) is 9.54. The van der Waals surface area contributed by atoms with Gasteiger partial charge in [-0.25, -0.2) is 0 Å². The normalized spacial score (nSPS) is 20.1. The third-order valence-electron chi connectivity index (χ3n) is 4.66. The molecule has 1 aliphatic rings. The molecular formula is C20H21BrN2O2. The number of nitrogens with two attached hydrogens (primary N) is 1. The van der Waals surface area contributed by atoms with E-state index in [1.54, 1.807) is 0 Å². The van der Waals surface area contributed by atoms with E-state index >= 15 is 0 Å². The SMILES string of the molecule is CCc1ccc2c(c1)N(CC(N)=O)C(=O)C(Br)CC2c1ccccc1. The lowest BCUT2D eigenvalue weighted by Crippen LogP contribution is -2.41. The number of rotatable bonds is 4. The van der Waals surface area contributed by atoms with Crippen LogP contribution < -0.4 is 10.6 Å². The van der Waals surface area contributed by atoms with Crippen LogP contribution in [-0.2, 0) is 16.0 Å². The number of alkyl halides is 1. The summed E-state index contributed by atoms with van der Waals surface area (Å²) in [6.45, 7) is 1.96. The second-order valence-corrected chi connectivity index (χ2v) is 7.41. The largest absolute Gasteiger partial charge is 0.368 e. The van der Waals surface area contributed by atoms with E-state index < -0.39 is 5.91 Å². The van der Waals surface area contributed by atoms with Gasteiger partial charge in [0.05, 0.1) is 4.83 Å². The number of carbonyl (C=O) groups excluding carboxylic acids is 2. The monoisotopic (exact) mass is 400 g/mol. The molecule has 2 aromatic carbocycles. The zero-order valence-corrected chi connectivity index (χ0v) is 15.7. The van der Waals surface area contributed by atoms with Crippen LogP contribution in [-0.4, -0.2) is 23.2 Å². The number of hydrogen-bond acceptors (Lipinski definition) is 2. The molecule has 2 amide bonds. The number of anilines is 1. The van der Waals surface area contributed by atoms with Crippen LogP contribution in [0.2, 0.25) is 0 Å². The zero-order chi connectivity index (χ0) is 18.0. The molecule has 2 unspecified atom stereocenters. The van der Waals surface area contributed by atoms with Gasteiger partial charge in [-0.15, -0.1) is 0 Å². The van der Waals surface area contributed by atoms with Crippen molar-refractivity contribution >= 4 is 33.4 Å². The first-order chi connectivity index (χ1) is 12.0. The molecule has 0 radical (unpaired) electrons. The average molecular weight is 401 g/mol. The summed E-state index contributed by atoms with van der Waals surface area (Å²) in [4.78, 5) is 25.6. The van der Waals surface area contributed by atoms with E-state index in [0.29, 0.717) is 6.42 Å². The van der Waals surface area contributed by atoms with Gasteiger partial charge in [0.15, 0.2) is 0 Å². The summed E-state index contributed by atoms with van der Waals surface area (Å²) in [5, 5.41) is 0. The minimum absolute atomic E-state index is 0.0771. The van der Waals surface area contributed by atoms with Crippen molar-refractivity contribution in [3.63, 3.8) is 0 Å². The molecule has 2 N–H and O–H groups in total. The van der Waals surface area contributed by atoms with Crippen LogP contribution in [0.5, 0.6) is 0 Å². The van der Waals surface area contributed by atoms with Crippen molar-refractivity contribution in [1.29, 1.82) is 0 Å². The van der Waals surface area contributed by atoms with Crippen LogP contribution in [0, 0.1) is 0 Å². The van der Waals surface area contributed by atoms with E-state index in [-0.39, 0.29) is 23.2 Å². The number of aryl methyl sites for hydroxylation is 1. The molecule has 1 aliphatic heterocycles. The minimum atomic E-state index is -0.515. The van der Waals surface area contributed by atoms with Gasteiger partial charge in [-0.3, -0.25) is 9.59 Å². The van der Waals surface area contributed by atoms with E-state index in [0.717, 1.165) is 28.8 Å². The van der Waals surface area contributed by atoms with Gasteiger partial charge in [-0.05, 0) is 35.6 Å². The second kappa shape index (κ2) is 7.40. The van der Waals surface area contributed by atoms with E-state index in [1.165, 1.54) is 4.90 Å². The molecular weight excluding hydrogens is 380 g/mol. The fourth-order valence-corrected chi connectivity index (χ4v) is 4.00. The molecule has 3 rings (SSSR count). The summed E-state index contributed by atoms with van der Waals surface area (Å²) >= 11 is 3.52. The number of hydrogen-bond donors (Lipinski definition) is 1. The topological polar surface area (TPSA) is 63.4 Å². The maximum absolute atomic E-state index is 12.9. The Morgan fingerprint density at radius 1 is 1.24 bits per heavy atom. The zero-order valence-electron chi connectivity index (χ0n) is 14.1. The Balaban J connectivity index is 2.18. The first kappa shape index (κ1) is 17.7. The van der Waals surface area contributed by atoms with Crippen molar-refractivity contribution < 1.29 is 9.59 Å². The van der Waals surface area contributed by atoms with Crippen LogP contribution >= 0.6 is 15.9 Å². The minimum Gasteiger partial charge on any atom is -0.368 e. The van der Waals surface area contributed by atoms with Crippen molar-refractivity contribution in [3.8, 4) is 0 Å². The summed E-state index contributed by atoms with van der Waals surface area (Å²) in [6, 6.07) is 16.3. The van der Waals surface area contributed by atoms with Crippen molar-refractivity contribution in [2.45, 2.75) is 30.5 Å². The van der Waals surface area contributed by atoms with E-state index in [2.05, 4.69) is 47.1 Å². The van der Waals surface area contributed by atoms with E-state index in [1.807, 2.05) is 24.3 Å². The fourth-order valence-electron chi connectivity index (χ4n) is 3.38. The highest BCUT2D eigenvalue weighted by molar-refractivity contribution is 9.10. The number of primary amides is 1. The average Bonchev–Trinajstić information content (AvgIpc) is 2.72. The fraction of sp³-hybridized carbons (Fsp3) is 0.300. The Morgan fingerprint density at radius 3 is 2.60 bits per heavy atom. The standard InChI is InChI=1S/C20H21BrN2O2/c1-2-13-8-9-15-16(14-6-4-3-5-7-14)11-17(21)20(25)23(12-19(22)24)18(15)10-13/h3-10,16-17H,2,11-12H2,1H3,(H2,22,24). The molecule has 0 saturated heterocycles. The van der Waals surface area contributed by atoms with Gasteiger partial charge >= 0.3 is 0 Å². The lowest BCUT2D eigenvalue weighted by atomic mass is 9.86. The van der Waals surface area contributed by atoms with Gasteiger partial charge in [-0.2, -0.15) is 0 Å². The number of amides is 2. The Labute approximate surface area is 156 Å². The van der Waals surface area contributed by atoms with Crippen LogP contribution in [0.25, 0.3) is 0 Å². The molecule has 4 nitrogen and oxygen atoms in total. The molecule has 2 aromatic rings. The Hall–Kier alpha value is -2.14. The Morgan fingerprint density at radius 2 is 1.96 bits per heavy atom. The second-order valence-electron chi connectivity index (χ2n) is 6.30. The van der Waals surface area contributed by atoms with Crippen molar-refractivity contribution in [2.24, 2.45) is 5.73 Å². The molecule has 1 heterocycles. The van der Waals surface area contributed by atoms with Gasteiger partial charge in [0.2, 0.25) is 11.8 Å². The van der Waals surface area contributed by atoms with Crippen LogP contribution in [0.15, 0.2) is 48.5 Å². The van der Waals surface area contributed by atoms with Gasteiger partial charge < -0.3 is 10.6 Å². The summed E-state index contributed by atoms with van der Waals surface area (Å²) in [6.07, 6.45) is 1.50. The molecule has 130 valence electrons. The third-order valence-corrected chi connectivity index (χ3v) is 5.43. The van der Waals surface area contributed by atoms with Crippen LogP contribution in [0.1, 0.15) is 36.0 Å². The van der Waals surface area contributed by atoms with Gasteiger partial charge in [0.1, 0.15) is 6.54 Å². The summed E-state index contributed by atoms with van der Waals surface area (Å²) in [5.74, 6) is -0.556. The van der Waals surface area contributed by atoms with Crippen molar-refractivity contribution in [3.05, 3.63) is 65.2 Å². The highest BCUT2D eigenvalue weighted by atomic mass is 79.9. The molecule has 0 fully saturated rings. The highest BCUT2D eigenvalue weighted by Crippen LogP contribution is 2.41. The van der Waals surface area contributed by atoms with Crippen LogP contribution in [0.4, 0.5) is 5.69 Å². The Bertz CT molecular complexity index is 792. The molecule has 2 atom stereocenters. The maximum atomic E-state index is 12.9. The lowest BCUT2D eigenvalue weighted by Gasteiger charge is -2.24. The smallest absolute Gasteiger partial charge is 0.241 e. The number of fused-ring (bicyclic) bond motifs is 1. The van der Waals surface area contributed by atoms with Gasteiger partial charge in [0.25, 0.3) is 0 Å². The number of nitrogens with zero attached hydrogens (tertiary/aromatic N) is 1. The molecule has 0 aromatic heterocycles. The lowest BCUT2D eigenvalue weighted by molar-refractivity contribution is -0.122. The molecule has 0 saturated carbocycles. The molecule has 25 heavy (non-hydrogen) atoms. The molecule has 0 spiro atoms. The van der Waals surface area contributed by atoms with Crippen molar-refractivity contribution in [2.75, 3.05) is 11.4 Å². The molecule has 5 heteroatoms. The van der Waals surface area contributed by atoms with Crippen molar-refractivity contribution in [1.82, 2.24) is 0 Å². The predicted molar refractivity (Wildman–Crippen MR) is 103 cm³/mol.